The van der Waals surface area contributed by atoms with Crippen molar-refractivity contribution in [3.63, 3.8) is 0 Å². The van der Waals surface area contributed by atoms with Crippen LogP contribution in [0, 0.1) is 11.8 Å². The molecular weight excluding hydrogens is 356 g/mol. The Hall–Kier alpha value is -1.85. The standard InChI is InChI=1S/C18H19BrN2O2/c1-12(13-10-20-11-13)18(22)21-15-4-8-17(9-5-15)23-16-6-2-14(19)3-7-16/h2-9,12-13,20H,10-11H2,1H3,(H,21,22). The highest BCUT2D eigenvalue weighted by Gasteiger charge is 2.28. The van der Waals surface area contributed by atoms with Gasteiger partial charge in [0.1, 0.15) is 11.5 Å². The van der Waals surface area contributed by atoms with Crippen LogP contribution in [0.5, 0.6) is 11.5 Å². The second-order valence-electron chi connectivity index (χ2n) is 5.78. The number of nitrogens with one attached hydrogen (secondary N) is 2. The van der Waals surface area contributed by atoms with Crippen molar-refractivity contribution in [1.29, 1.82) is 0 Å². The van der Waals surface area contributed by atoms with Crippen molar-refractivity contribution < 1.29 is 9.53 Å². The summed E-state index contributed by atoms with van der Waals surface area (Å²) in [4.78, 5) is 12.2. The monoisotopic (exact) mass is 374 g/mol. The fourth-order valence-corrected chi connectivity index (χ4v) is 2.64. The van der Waals surface area contributed by atoms with E-state index < -0.39 is 0 Å². The third kappa shape index (κ3) is 4.12. The number of halogens is 1. The van der Waals surface area contributed by atoms with Crippen molar-refractivity contribution in [3.05, 3.63) is 53.0 Å². The minimum Gasteiger partial charge on any atom is -0.457 e. The lowest BCUT2D eigenvalue weighted by Gasteiger charge is -2.31. The minimum atomic E-state index is 0.0231. The van der Waals surface area contributed by atoms with Crippen LogP contribution in [-0.4, -0.2) is 19.0 Å². The maximum atomic E-state index is 12.2. The van der Waals surface area contributed by atoms with Gasteiger partial charge in [0.05, 0.1) is 0 Å². The molecule has 0 bridgehead atoms. The normalized spacial score (nSPS) is 15.6. The van der Waals surface area contributed by atoms with E-state index in [0.29, 0.717) is 5.92 Å². The Bertz CT molecular complexity index is 666. The van der Waals surface area contributed by atoms with Crippen molar-refractivity contribution >= 4 is 27.5 Å². The Balaban J connectivity index is 1.58. The van der Waals surface area contributed by atoms with Crippen molar-refractivity contribution in [2.24, 2.45) is 11.8 Å². The number of benzene rings is 2. The predicted octanol–water partition coefficient (Wildman–Crippen LogP) is 4.04. The molecule has 1 amide bonds. The van der Waals surface area contributed by atoms with E-state index >= 15 is 0 Å². The average molecular weight is 375 g/mol. The van der Waals surface area contributed by atoms with Crippen molar-refractivity contribution in [2.75, 3.05) is 18.4 Å². The molecule has 0 saturated carbocycles. The van der Waals surface area contributed by atoms with E-state index in [9.17, 15) is 4.79 Å². The van der Waals surface area contributed by atoms with E-state index in [1.165, 1.54) is 0 Å². The molecule has 2 N–H and O–H groups in total. The van der Waals surface area contributed by atoms with E-state index in [-0.39, 0.29) is 11.8 Å². The molecule has 23 heavy (non-hydrogen) atoms. The minimum absolute atomic E-state index is 0.0231. The van der Waals surface area contributed by atoms with Crippen LogP contribution < -0.4 is 15.4 Å². The molecule has 0 radical (unpaired) electrons. The van der Waals surface area contributed by atoms with Gasteiger partial charge in [-0.1, -0.05) is 22.9 Å². The highest BCUT2D eigenvalue weighted by molar-refractivity contribution is 9.10. The zero-order valence-corrected chi connectivity index (χ0v) is 14.5. The molecule has 2 aromatic carbocycles. The highest BCUT2D eigenvalue weighted by Crippen LogP contribution is 2.25. The summed E-state index contributed by atoms with van der Waals surface area (Å²) < 4.78 is 6.78. The summed E-state index contributed by atoms with van der Waals surface area (Å²) in [6, 6.07) is 15.1. The third-order valence-electron chi connectivity index (χ3n) is 4.10. The predicted molar refractivity (Wildman–Crippen MR) is 94.8 cm³/mol. The number of amides is 1. The summed E-state index contributed by atoms with van der Waals surface area (Å²) in [6.07, 6.45) is 0. The van der Waals surface area contributed by atoms with Gasteiger partial charge in [-0.15, -0.1) is 0 Å². The van der Waals surface area contributed by atoms with Crippen LogP contribution in [0.3, 0.4) is 0 Å². The smallest absolute Gasteiger partial charge is 0.227 e. The summed E-state index contributed by atoms with van der Waals surface area (Å²) in [5.41, 5.74) is 0.789. The first-order valence-corrected chi connectivity index (χ1v) is 8.46. The van der Waals surface area contributed by atoms with Gasteiger partial charge in [-0.2, -0.15) is 0 Å². The molecule has 1 atom stereocenters. The van der Waals surface area contributed by atoms with E-state index in [2.05, 4.69) is 26.6 Å². The Labute approximate surface area is 144 Å². The Kier molecular flexibility index (Phi) is 4.98. The van der Waals surface area contributed by atoms with Gasteiger partial charge < -0.3 is 15.4 Å². The third-order valence-corrected chi connectivity index (χ3v) is 4.63. The van der Waals surface area contributed by atoms with Crippen LogP contribution in [-0.2, 0) is 4.79 Å². The summed E-state index contributed by atoms with van der Waals surface area (Å²) in [5.74, 6) is 2.04. The van der Waals surface area contributed by atoms with Gasteiger partial charge in [-0.05, 0) is 67.5 Å². The molecule has 0 aliphatic carbocycles. The average Bonchev–Trinajstić information content (AvgIpc) is 2.50. The molecular formula is C18H19BrN2O2. The maximum absolute atomic E-state index is 12.2. The molecule has 2 aromatic rings. The SMILES string of the molecule is CC(C(=O)Nc1ccc(Oc2ccc(Br)cc2)cc1)C1CNC1. The van der Waals surface area contributed by atoms with E-state index in [1.54, 1.807) is 0 Å². The summed E-state index contributed by atoms with van der Waals surface area (Å²) in [6.45, 7) is 3.83. The van der Waals surface area contributed by atoms with Crippen LogP contribution >= 0.6 is 15.9 Å². The Morgan fingerprint density at radius 1 is 1.13 bits per heavy atom. The van der Waals surface area contributed by atoms with Gasteiger partial charge in [-0.3, -0.25) is 4.79 Å². The van der Waals surface area contributed by atoms with Crippen LogP contribution in [0.1, 0.15) is 6.92 Å². The second-order valence-corrected chi connectivity index (χ2v) is 6.69. The van der Waals surface area contributed by atoms with Gasteiger partial charge in [0.15, 0.2) is 0 Å². The molecule has 5 heteroatoms. The molecule has 4 nitrogen and oxygen atoms in total. The quantitative estimate of drug-likeness (QED) is 0.830. The van der Waals surface area contributed by atoms with Crippen LogP contribution in [0.2, 0.25) is 0 Å². The van der Waals surface area contributed by atoms with Crippen LogP contribution in [0.4, 0.5) is 5.69 Å². The first-order chi connectivity index (χ1) is 11.1. The molecule has 1 unspecified atom stereocenters. The topological polar surface area (TPSA) is 50.4 Å². The lowest BCUT2D eigenvalue weighted by molar-refractivity contribution is -0.121. The lowest BCUT2D eigenvalue weighted by Crippen LogP contribution is -2.48. The maximum Gasteiger partial charge on any atom is 0.227 e. The molecule has 3 rings (SSSR count). The van der Waals surface area contributed by atoms with Gasteiger partial charge in [0, 0.05) is 16.1 Å². The van der Waals surface area contributed by atoms with E-state index in [0.717, 1.165) is 34.7 Å². The number of hydrogen-bond donors (Lipinski definition) is 2. The zero-order chi connectivity index (χ0) is 16.2. The zero-order valence-electron chi connectivity index (χ0n) is 12.9. The Morgan fingerprint density at radius 2 is 1.70 bits per heavy atom. The molecule has 0 aromatic heterocycles. The molecule has 0 spiro atoms. The molecule has 1 saturated heterocycles. The summed E-state index contributed by atoms with van der Waals surface area (Å²) >= 11 is 3.39. The van der Waals surface area contributed by atoms with Gasteiger partial charge in [0.25, 0.3) is 0 Å². The molecule has 1 aliphatic heterocycles. The van der Waals surface area contributed by atoms with E-state index in [4.69, 9.17) is 4.74 Å². The van der Waals surface area contributed by atoms with Crippen molar-refractivity contribution in [3.8, 4) is 11.5 Å². The summed E-state index contributed by atoms with van der Waals surface area (Å²) in [5, 5.41) is 6.16. The lowest BCUT2D eigenvalue weighted by atomic mass is 9.88. The van der Waals surface area contributed by atoms with Crippen molar-refractivity contribution in [2.45, 2.75) is 6.92 Å². The van der Waals surface area contributed by atoms with Gasteiger partial charge in [0.2, 0.25) is 5.91 Å². The highest BCUT2D eigenvalue weighted by atomic mass is 79.9. The van der Waals surface area contributed by atoms with Crippen LogP contribution in [0.25, 0.3) is 0 Å². The molecule has 120 valence electrons. The van der Waals surface area contributed by atoms with Gasteiger partial charge in [-0.25, -0.2) is 0 Å². The fraction of sp³-hybridized carbons (Fsp3) is 0.278. The molecule has 1 heterocycles. The number of hydrogen-bond acceptors (Lipinski definition) is 3. The number of rotatable bonds is 5. The largest absolute Gasteiger partial charge is 0.457 e. The first kappa shape index (κ1) is 16.0. The number of carbonyl (C=O) groups excluding carboxylic acids is 1. The van der Waals surface area contributed by atoms with Gasteiger partial charge >= 0.3 is 0 Å². The number of carbonyl (C=O) groups is 1. The van der Waals surface area contributed by atoms with Crippen LogP contribution in [0.15, 0.2) is 53.0 Å². The van der Waals surface area contributed by atoms with E-state index in [1.807, 2.05) is 55.5 Å². The number of anilines is 1. The number of ether oxygens (including phenoxy) is 1. The second kappa shape index (κ2) is 7.15. The first-order valence-electron chi connectivity index (χ1n) is 7.67. The Morgan fingerprint density at radius 3 is 2.22 bits per heavy atom. The molecule has 1 fully saturated rings. The fourth-order valence-electron chi connectivity index (χ4n) is 2.38. The van der Waals surface area contributed by atoms with Crippen molar-refractivity contribution in [1.82, 2.24) is 5.32 Å². The summed E-state index contributed by atoms with van der Waals surface area (Å²) in [7, 11) is 0. The molecule has 1 aliphatic rings.